The maximum Gasteiger partial charge on any atom is 0.376 e. The summed E-state index contributed by atoms with van der Waals surface area (Å²) in [7, 11) is 0. The van der Waals surface area contributed by atoms with E-state index < -0.39 is 5.97 Å². The molecule has 0 spiro atoms. The third kappa shape index (κ3) is 3.34. The highest BCUT2D eigenvalue weighted by Gasteiger charge is 2.13. The molecule has 1 rings (SSSR count). The molecule has 0 amide bonds. The van der Waals surface area contributed by atoms with Gasteiger partial charge >= 0.3 is 5.97 Å². The second-order valence-electron chi connectivity index (χ2n) is 3.36. The number of nitrogens with one attached hydrogen (secondary N) is 1. The smallest absolute Gasteiger partial charge is 0.376 e. The number of rotatable bonds is 4. The van der Waals surface area contributed by atoms with Crippen molar-refractivity contribution in [2.45, 2.75) is 26.8 Å². The summed E-state index contributed by atoms with van der Waals surface area (Å²) in [4.78, 5) is 22.8. The van der Waals surface area contributed by atoms with Crippen LogP contribution in [-0.4, -0.2) is 33.6 Å². The summed E-state index contributed by atoms with van der Waals surface area (Å²) in [5.41, 5.74) is 5.46. The second kappa shape index (κ2) is 5.24. The third-order valence-electron chi connectivity index (χ3n) is 1.53. The topological polar surface area (TPSA) is 103 Å². The van der Waals surface area contributed by atoms with Crippen LogP contribution < -0.4 is 11.1 Å². The minimum Gasteiger partial charge on any atom is -0.460 e. The molecular formula is C9H15N5O2. The SMILES string of the molecule is CCOC(=O)c1nc(N)nc(NC(C)C)n1. The van der Waals surface area contributed by atoms with Crippen LogP contribution in [0.4, 0.5) is 11.9 Å². The highest BCUT2D eigenvalue weighted by molar-refractivity contribution is 5.85. The van der Waals surface area contributed by atoms with Crippen molar-refractivity contribution in [1.29, 1.82) is 0 Å². The first kappa shape index (κ1) is 12.2. The van der Waals surface area contributed by atoms with Gasteiger partial charge in [-0.25, -0.2) is 4.79 Å². The van der Waals surface area contributed by atoms with Crippen LogP contribution in [0, 0.1) is 0 Å². The largest absolute Gasteiger partial charge is 0.460 e. The molecule has 0 aromatic carbocycles. The molecule has 88 valence electrons. The maximum atomic E-state index is 11.4. The summed E-state index contributed by atoms with van der Waals surface area (Å²) >= 11 is 0. The van der Waals surface area contributed by atoms with Crippen LogP contribution in [0.3, 0.4) is 0 Å². The van der Waals surface area contributed by atoms with Crippen molar-refractivity contribution in [3.05, 3.63) is 5.82 Å². The lowest BCUT2D eigenvalue weighted by Crippen LogP contribution is -2.18. The van der Waals surface area contributed by atoms with Gasteiger partial charge in [0.25, 0.3) is 0 Å². The molecule has 0 radical (unpaired) electrons. The van der Waals surface area contributed by atoms with Gasteiger partial charge < -0.3 is 15.8 Å². The number of ether oxygens (including phenoxy) is 1. The van der Waals surface area contributed by atoms with Crippen molar-refractivity contribution in [3.8, 4) is 0 Å². The molecule has 0 atom stereocenters. The van der Waals surface area contributed by atoms with E-state index in [4.69, 9.17) is 10.5 Å². The van der Waals surface area contributed by atoms with Gasteiger partial charge in [-0.05, 0) is 20.8 Å². The van der Waals surface area contributed by atoms with E-state index in [1.54, 1.807) is 6.92 Å². The Labute approximate surface area is 93.4 Å². The number of esters is 1. The molecule has 1 aromatic heterocycles. The molecule has 1 heterocycles. The summed E-state index contributed by atoms with van der Waals surface area (Å²) in [6.45, 7) is 5.81. The minimum atomic E-state index is -0.608. The van der Waals surface area contributed by atoms with Crippen molar-refractivity contribution < 1.29 is 9.53 Å². The predicted molar refractivity (Wildman–Crippen MR) is 59.0 cm³/mol. The zero-order chi connectivity index (χ0) is 12.1. The van der Waals surface area contributed by atoms with Crippen LogP contribution in [0.2, 0.25) is 0 Å². The van der Waals surface area contributed by atoms with Crippen LogP contribution in [0.15, 0.2) is 0 Å². The lowest BCUT2D eigenvalue weighted by atomic mass is 10.4. The lowest BCUT2D eigenvalue weighted by molar-refractivity contribution is 0.0512. The second-order valence-corrected chi connectivity index (χ2v) is 3.36. The van der Waals surface area contributed by atoms with Crippen molar-refractivity contribution in [2.24, 2.45) is 0 Å². The zero-order valence-corrected chi connectivity index (χ0v) is 9.52. The minimum absolute atomic E-state index is 0.0128. The fraction of sp³-hybridized carbons (Fsp3) is 0.556. The summed E-state index contributed by atoms with van der Waals surface area (Å²) in [5, 5.41) is 2.93. The molecule has 0 aliphatic heterocycles. The number of anilines is 2. The Bertz CT molecular complexity index is 380. The van der Waals surface area contributed by atoms with Crippen LogP contribution in [0.25, 0.3) is 0 Å². The van der Waals surface area contributed by atoms with Gasteiger partial charge in [0.15, 0.2) is 0 Å². The first-order valence-electron chi connectivity index (χ1n) is 4.98. The van der Waals surface area contributed by atoms with E-state index in [2.05, 4.69) is 20.3 Å². The Morgan fingerprint density at radius 2 is 2.12 bits per heavy atom. The molecule has 0 aliphatic rings. The number of aromatic nitrogens is 3. The summed E-state index contributed by atoms with van der Waals surface area (Å²) in [6, 6.07) is 0.136. The van der Waals surface area contributed by atoms with E-state index in [0.717, 1.165) is 0 Å². The van der Waals surface area contributed by atoms with E-state index in [1.807, 2.05) is 13.8 Å². The van der Waals surface area contributed by atoms with E-state index in [0.29, 0.717) is 0 Å². The highest BCUT2D eigenvalue weighted by Crippen LogP contribution is 2.05. The zero-order valence-electron chi connectivity index (χ0n) is 9.52. The molecule has 1 aromatic rings. The normalized spacial score (nSPS) is 10.2. The summed E-state index contributed by atoms with van der Waals surface area (Å²) in [6.07, 6.45) is 0. The van der Waals surface area contributed by atoms with Crippen LogP contribution in [0.5, 0.6) is 0 Å². The Kier molecular flexibility index (Phi) is 3.98. The van der Waals surface area contributed by atoms with Crippen LogP contribution >= 0.6 is 0 Å². The first-order chi connectivity index (χ1) is 7.52. The Morgan fingerprint density at radius 3 is 2.69 bits per heavy atom. The highest BCUT2D eigenvalue weighted by atomic mass is 16.5. The molecule has 0 unspecified atom stereocenters. The van der Waals surface area contributed by atoms with Gasteiger partial charge in [0.05, 0.1) is 6.61 Å². The average Bonchev–Trinajstić information content (AvgIpc) is 2.15. The summed E-state index contributed by atoms with van der Waals surface area (Å²) in [5.74, 6) is -0.437. The monoisotopic (exact) mass is 225 g/mol. The molecule has 7 nitrogen and oxygen atoms in total. The summed E-state index contributed by atoms with van der Waals surface area (Å²) < 4.78 is 4.77. The Morgan fingerprint density at radius 1 is 1.44 bits per heavy atom. The first-order valence-corrected chi connectivity index (χ1v) is 4.98. The molecule has 3 N–H and O–H groups in total. The van der Waals surface area contributed by atoms with Gasteiger partial charge in [-0.2, -0.15) is 15.0 Å². The van der Waals surface area contributed by atoms with E-state index >= 15 is 0 Å². The van der Waals surface area contributed by atoms with E-state index in [9.17, 15) is 4.79 Å². The van der Waals surface area contributed by atoms with Gasteiger partial charge in [0.1, 0.15) is 0 Å². The van der Waals surface area contributed by atoms with Crippen LogP contribution in [-0.2, 0) is 4.74 Å². The number of carbonyl (C=O) groups is 1. The maximum absolute atomic E-state index is 11.4. The molecule has 16 heavy (non-hydrogen) atoms. The van der Waals surface area contributed by atoms with Crippen molar-refractivity contribution in [1.82, 2.24) is 15.0 Å². The lowest BCUT2D eigenvalue weighted by Gasteiger charge is -2.08. The fourth-order valence-corrected chi connectivity index (χ4v) is 1.00. The fourth-order valence-electron chi connectivity index (χ4n) is 1.00. The molecule has 0 saturated heterocycles. The molecule has 0 fully saturated rings. The van der Waals surface area contributed by atoms with Crippen molar-refractivity contribution in [3.63, 3.8) is 0 Å². The standard InChI is InChI=1S/C9H15N5O2/c1-4-16-7(15)6-12-8(10)14-9(13-6)11-5(2)3/h5H,4H2,1-3H3,(H3,10,11,12,13,14). The number of nitrogens with two attached hydrogens (primary N) is 1. The number of nitrogens with zero attached hydrogens (tertiary/aromatic N) is 3. The average molecular weight is 225 g/mol. The van der Waals surface area contributed by atoms with Crippen molar-refractivity contribution >= 4 is 17.9 Å². The number of carbonyl (C=O) groups excluding carboxylic acids is 1. The van der Waals surface area contributed by atoms with Gasteiger partial charge in [-0.3, -0.25) is 0 Å². The molecule has 7 heteroatoms. The predicted octanol–water partition coefficient (Wildman–Crippen LogP) is 0.451. The van der Waals surface area contributed by atoms with Gasteiger partial charge in [0.2, 0.25) is 17.7 Å². The number of hydrogen-bond donors (Lipinski definition) is 2. The molecule has 0 bridgehead atoms. The Hall–Kier alpha value is -1.92. The van der Waals surface area contributed by atoms with Gasteiger partial charge in [-0.15, -0.1) is 0 Å². The third-order valence-corrected chi connectivity index (χ3v) is 1.53. The number of nitrogen functional groups attached to an aromatic ring is 1. The molecule has 0 aliphatic carbocycles. The van der Waals surface area contributed by atoms with Gasteiger partial charge in [-0.1, -0.05) is 0 Å². The number of hydrogen-bond acceptors (Lipinski definition) is 7. The van der Waals surface area contributed by atoms with E-state index in [1.165, 1.54) is 0 Å². The molecule has 0 saturated carbocycles. The van der Waals surface area contributed by atoms with Crippen molar-refractivity contribution in [2.75, 3.05) is 17.7 Å². The Balaban J connectivity index is 2.93. The quantitative estimate of drug-likeness (QED) is 0.717. The van der Waals surface area contributed by atoms with Gasteiger partial charge in [0, 0.05) is 6.04 Å². The van der Waals surface area contributed by atoms with E-state index in [-0.39, 0.29) is 30.4 Å². The van der Waals surface area contributed by atoms with Crippen LogP contribution in [0.1, 0.15) is 31.4 Å². The molecular weight excluding hydrogens is 210 g/mol.